The summed E-state index contributed by atoms with van der Waals surface area (Å²) in [5.41, 5.74) is -0.245. The lowest BCUT2D eigenvalue weighted by Crippen LogP contribution is -2.37. The van der Waals surface area contributed by atoms with Gasteiger partial charge in [-0.15, -0.1) is 0 Å². The lowest BCUT2D eigenvalue weighted by molar-refractivity contribution is -0.165. The molecule has 0 aromatic carbocycles. The van der Waals surface area contributed by atoms with Gasteiger partial charge in [-0.2, -0.15) is 8.78 Å². The fourth-order valence-electron chi connectivity index (χ4n) is 3.53. The predicted molar refractivity (Wildman–Crippen MR) is 91.6 cm³/mol. The lowest BCUT2D eigenvalue weighted by atomic mass is 9.65. The van der Waals surface area contributed by atoms with Crippen molar-refractivity contribution >= 4 is 18.0 Å². The number of hydrogen-bond donors (Lipinski definition) is 1. The molecular formula is C17H32F2O3S. The Balaban J connectivity index is 0.00000232. The quantitative estimate of drug-likeness (QED) is 0.451. The van der Waals surface area contributed by atoms with Crippen molar-refractivity contribution < 1.29 is 22.9 Å². The van der Waals surface area contributed by atoms with E-state index in [-0.39, 0.29) is 12.0 Å². The van der Waals surface area contributed by atoms with Crippen molar-refractivity contribution in [3.05, 3.63) is 0 Å². The van der Waals surface area contributed by atoms with E-state index in [1.54, 1.807) is 0 Å². The predicted octanol–water partition coefficient (Wildman–Crippen LogP) is 5.99. The minimum absolute atomic E-state index is 0.00129. The molecule has 0 amide bonds. The molecule has 1 rings (SSSR count). The van der Waals surface area contributed by atoms with Gasteiger partial charge < -0.3 is 9.29 Å². The van der Waals surface area contributed by atoms with Gasteiger partial charge in [0.05, 0.1) is 18.6 Å². The highest BCUT2D eigenvalue weighted by atomic mass is 32.2. The number of ether oxygens (including phenoxy) is 1. The fourth-order valence-corrected chi connectivity index (χ4v) is 3.67. The summed E-state index contributed by atoms with van der Waals surface area (Å²) in [6.07, 6.45) is 6.28. The molecule has 3 nitrogen and oxygen atoms in total. The van der Waals surface area contributed by atoms with Gasteiger partial charge in [0.1, 0.15) is 0 Å². The Morgan fingerprint density at radius 1 is 1.30 bits per heavy atom. The number of carbonyl (C=O) groups is 1. The van der Waals surface area contributed by atoms with Gasteiger partial charge in [0.2, 0.25) is 0 Å². The van der Waals surface area contributed by atoms with Crippen LogP contribution in [0.1, 0.15) is 73.1 Å². The zero-order valence-electron chi connectivity index (χ0n) is 15.0. The van der Waals surface area contributed by atoms with Crippen molar-refractivity contribution in [1.29, 1.82) is 0 Å². The topological polar surface area (TPSA) is 46.5 Å². The zero-order valence-corrected chi connectivity index (χ0v) is 15.8. The van der Waals surface area contributed by atoms with Crippen LogP contribution in [0.4, 0.5) is 8.78 Å². The SMILES string of the molecule is CC.CCCC1CC(CC)CC(C)(COC(=O)C(F)(F)SO)C1. The van der Waals surface area contributed by atoms with Crippen molar-refractivity contribution in [3.8, 4) is 0 Å². The zero-order chi connectivity index (χ0) is 18.1. The number of rotatable bonds is 7. The largest absolute Gasteiger partial charge is 0.460 e. The van der Waals surface area contributed by atoms with E-state index in [2.05, 4.69) is 13.8 Å². The summed E-state index contributed by atoms with van der Waals surface area (Å²) in [6, 6.07) is 0. The molecule has 0 saturated heterocycles. The molecule has 3 unspecified atom stereocenters. The molecule has 0 radical (unpaired) electrons. The van der Waals surface area contributed by atoms with Gasteiger partial charge in [0.25, 0.3) is 0 Å². The Morgan fingerprint density at radius 3 is 2.35 bits per heavy atom. The average Bonchev–Trinajstić information content (AvgIpc) is 2.54. The van der Waals surface area contributed by atoms with Crippen LogP contribution in [0.15, 0.2) is 0 Å². The fraction of sp³-hybridized carbons (Fsp3) is 0.941. The van der Waals surface area contributed by atoms with Crippen molar-refractivity contribution in [3.63, 3.8) is 0 Å². The van der Waals surface area contributed by atoms with Crippen LogP contribution in [-0.2, 0) is 9.53 Å². The second-order valence-corrected chi connectivity index (χ2v) is 7.26. The molecule has 3 atom stereocenters. The van der Waals surface area contributed by atoms with Crippen LogP contribution < -0.4 is 0 Å². The van der Waals surface area contributed by atoms with Crippen LogP contribution in [0.25, 0.3) is 0 Å². The molecule has 1 fully saturated rings. The summed E-state index contributed by atoms with van der Waals surface area (Å²) in [4.78, 5) is 11.3. The molecule has 0 spiro atoms. The van der Waals surface area contributed by atoms with Crippen LogP contribution in [0.3, 0.4) is 0 Å². The van der Waals surface area contributed by atoms with Crippen molar-refractivity contribution in [1.82, 2.24) is 0 Å². The molecule has 0 heterocycles. The Bertz CT molecular complexity index is 353. The summed E-state index contributed by atoms with van der Waals surface area (Å²) < 4.78 is 39.2. The van der Waals surface area contributed by atoms with Gasteiger partial charge >= 0.3 is 11.2 Å². The van der Waals surface area contributed by atoms with E-state index in [0.717, 1.165) is 32.1 Å². The summed E-state index contributed by atoms with van der Waals surface area (Å²) in [7, 11) is 0. The highest BCUT2D eigenvalue weighted by molar-refractivity contribution is 7.95. The number of halogens is 2. The van der Waals surface area contributed by atoms with Gasteiger partial charge in [-0.25, -0.2) is 4.79 Å². The third kappa shape index (κ3) is 7.38. The molecule has 0 aromatic heterocycles. The molecule has 0 aliphatic heterocycles. The maximum absolute atomic E-state index is 13.0. The standard InChI is InChI=1S/C15H26F2O3S.C2H6/c1-4-6-12-7-11(5-2)8-14(3,9-12)10-20-13(18)15(16,17)21-19;1-2/h11-12,19H,4-10H2,1-3H3;1-2H3. The first-order valence-electron chi connectivity index (χ1n) is 8.64. The van der Waals surface area contributed by atoms with E-state index in [4.69, 9.17) is 9.29 Å². The second kappa shape index (κ2) is 10.5. The van der Waals surface area contributed by atoms with Crippen molar-refractivity contribution in [2.45, 2.75) is 78.4 Å². The number of hydrogen-bond acceptors (Lipinski definition) is 4. The van der Waals surface area contributed by atoms with Crippen LogP contribution in [0, 0.1) is 17.3 Å². The first-order valence-corrected chi connectivity index (χ1v) is 9.41. The van der Waals surface area contributed by atoms with E-state index in [9.17, 15) is 13.6 Å². The minimum Gasteiger partial charge on any atom is -0.460 e. The molecule has 23 heavy (non-hydrogen) atoms. The summed E-state index contributed by atoms with van der Waals surface area (Å²) in [6.45, 7) is 10.3. The minimum atomic E-state index is -3.88. The molecule has 6 heteroatoms. The molecule has 138 valence electrons. The average molecular weight is 355 g/mol. The van der Waals surface area contributed by atoms with Crippen molar-refractivity contribution in [2.75, 3.05) is 6.61 Å². The maximum Gasteiger partial charge on any atom is 0.412 e. The molecule has 1 saturated carbocycles. The number of carbonyl (C=O) groups excluding carboxylic acids is 1. The molecular weight excluding hydrogens is 322 g/mol. The van der Waals surface area contributed by atoms with Crippen LogP contribution in [0.2, 0.25) is 0 Å². The lowest BCUT2D eigenvalue weighted by Gasteiger charge is -2.42. The number of esters is 1. The van der Waals surface area contributed by atoms with E-state index in [1.165, 1.54) is 6.42 Å². The molecule has 1 aliphatic carbocycles. The summed E-state index contributed by atoms with van der Waals surface area (Å²) in [5, 5.41) is -3.88. The first-order chi connectivity index (χ1) is 10.8. The van der Waals surface area contributed by atoms with E-state index in [0.29, 0.717) is 11.8 Å². The molecule has 1 N–H and O–H groups in total. The Morgan fingerprint density at radius 2 is 1.87 bits per heavy atom. The first kappa shape index (κ1) is 22.6. The van der Waals surface area contributed by atoms with Gasteiger partial charge in [-0.05, 0) is 31.1 Å². The maximum atomic E-state index is 13.0. The Kier molecular flexibility index (Phi) is 10.3. The van der Waals surface area contributed by atoms with Gasteiger partial charge in [0, 0.05) is 5.41 Å². The monoisotopic (exact) mass is 354 g/mol. The summed E-state index contributed by atoms with van der Waals surface area (Å²) >= 11 is -0.773. The van der Waals surface area contributed by atoms with Crippen molar-refractivity contribution in [2.24, 2.45) is 17.3 Å². The third-order valence-corrected chi connectivity index (χ3v) is 4.80. The molecule has 1 aliphatic rings. The normalized spacial score (nSPS) is 27.8. The van der Waals surface area contributed by atoms with E-state index in [1.807, 2.05) is 20.8 Å². The van der Waals surface area contributed by atoms with Gasteiger partial charge in [-0.1, -0.05) is 53.9 Å². The van der Waals surface area contributed by atoms with Crippen LogP contribution in [-0.4, -0.2) is 22.4 Å². The van der Waals surface area contributed by atoms with Crippen LogP contribution >= 0.6 is 12.0 Å². The summed E-state index contributed by atoms with van der Waals surface area (Å²) in [5.74, 6) is -0.515. The second-order valence-electron chi connectivity index (χ2n) is 6.57. The highest BCUT2D eigenvalue weighted by Gasteiger charge is 2.44. The van der Waals surface area contributed by atoms with Crippen LogP contribution in [0.5, 0.6) is 0 Å². The molecule has 0 bridgehead atoms. The Hall–Kier alpha value is -0.360. The Labute approximate surface area is 143 Å². The van der Waals surface area contributed by atoms with E-state index < -0.39 is 23.3 Å². The molecule has 0 aromatic rings. The smallest absolute Gasteiger partial charge is 0.412 e. The highest BCUT2D eigenvalue weighted by Crippen LogP contribution is 2.45. The van der Waals surface area contributed by atoms with Gasteiger partial charge in [0.15, 0.2) is 0 Å². The van der Waals surface area contributed by atoms with E-state index >= 15 is 0 Å². The van der Waals surface area contributed by atoms with Gasteiger partial charge in [-0.3, -0.25) is 0 Å². The number of alkyl halides is 2. The third-order valence-electron chi connectivity index (χ3n) is 4.41.